The van der Waals surface area contributed by atoms with E-state index in [0.29, 0.717) is 13.1 Å². The molecule has 0 atom stereocenters. The fourth-order valence-corrected chi connectivity index (χ4v) is 0.346. The minimum Gasteiger partial charge on any atom is -0.395 e. The average molecular weight is 133 g/mol. The van der Waals surface area contributed by atoms with E-state index in [9.17, 15) is 0 Å². The topological polar surface area (TPSA) is 64.5 Å². The Balaban J connectivity index is 2.60. The van der Waals surface area contributed by atoms with Crippen molar-refractivity contribution in [2.75, 3.05) is 26.3 Å². The molecule has 0 aliphatic rings. The summed E-state index contributed by atoms with van der Waals surface area (Å²) in [6, 6.07) is 0. The highest BCUT2D eigenvalue weighted by Gasteiger charge is 1.83. The Kier molecular flexibility index (Phi) is 7.70. The summed E-state index contributed by atoms with van der Waals surface area (Å²) in [6.07, 6.45) is 0. The lowest BCUT2D eigenvalue weighted by atomic mass is 10.6. The van der Waals surface area contributed by atoms with Crippen LogP contribution in [0.1, 0.15) is 0 Å². The summed E-state index contributed by atoms with van der Waals surface area (Å²) in [5, 5.41) is 22.1. The smallest absolute Gasteiger partial charge is 0.0868 e. The van der Waals surface area contributed by atoms with Crippen LogP contribution < -0.4 is 10.6 Å². The molecule has 0 aromatic carbocycles. The highest BCUT2D eigenvalue weighted by atomic mass is 16.3. The van der Waals surface area contributed by atoms with Gasteiger partial charge in [0.05, 0.1) is 19.9 Å². The molecular formula is C5H13N2O2. The van der Waals surface area contributed by atoms with Gasteiger partial charge in [-0.3, -0.25) is 10.6 Å². The SMILES string of the molecule is OCCN[CH]NCCO. The number of hydrogen-bond acceptors (Lipinski definition) is 4. The van der Waals surface area contributed by atoms with Gasteiger partial charge in [0.2, 0.25) is 0 Å². The predicted molar refractivity (Wildman–Crippen MR) is 34.5 cm³/mol. The molecule has 1 radical (unpaired) electrons. The van der Waals surface area contributed by atoms with Crippen LogP contribution in [0.5, 0.6) is 0 Å². The third-order valence-electron chi connectivity index (χ3n) is 0.716. The van der Waals surface area contributed by atoms with Gasteiger partial charge < -0.3 is 10.2 Å². The molecular weight excluding hydrogens is 120 g/mol. The lowest BCUT2D eigenvalue weighted by Crippen LogP contribution is -2.27. The fraction of sp³-hybridized carbons (Fsp3) is 0.800. The van der Waals surface area contributed by atoms with E-state index in [2.05, 4.69) is 10.6 Å². The van der Waals surface area contributed by atoms with Crippen molar-refractivity contribution in [1.82, 2.24) is 10.6 Å². The first-order chi connectivity index (χ1) is 4.41. The van der Waals surface area contributed by atoms with Gasteiger partial charge in [0.25, 0.3) is 0 Å². The third kappa shape index (κ3) is 7.84. The van der Waals surface area contributed by atoms with Crippen LogP contribution in [0.25, 0.3) is 0 Å². The van der Waals surface area contributed by atoms with E-state index in [1.165, 1.54) is 0 Å². The van der Waals surface area contributed by atoms with Crippen molar-refractivity contribution in [2.24, 2.45) is 0 Å². The fourth-order valence-electron chi connectivity index (χ4n) is 0.346. The first-order valence-corrected chi connectivity index (χ1v) is 2.92. The quantitative estimate of drug-likeness (QED) is 0.325. The summed E-state index contributed by atoms with van der Waals surface area (Å²) in [4.78, 5) is 0. The van der Waals surface area contributed by atoms with Crippen LogP contribution >= 0.6 is 0 Å². The van der Waals surface area contributed by atoms with Crippen LogP contribution in [0.2, 0.25) is 0 Å². The van der Waals surface area contributed by atoms with Crippen LogP contribution in [0.15, 0.2) is 0 Å². The Morgan fingerprint density at radius 1 is 1.00 bits per heavy atom. The van der Waals surface area contributed by atoms with Gasteiger partial charge in [-0.25, -0.2) is 0 Å². The van der Waals surface area contributed by atoms with Gasteiger partial charge in [0.1, 0.15) is 0 Å². The summed E-state index contributed by atoms with van der Waals surface area (Å²) in [5.41, 5.74) is 0. The van der Waals surface area contributed by atoms with E-state index >= 15 is 0 Å². The van der Waals surface area contributed by atoms with E-state index in [1.54, 1.807) is 6.67 Å². The summed E-state index contributed by atoms with van der Waals surface area (Å²) in [7, 11) is 0. The lowest BCUT2D eigenvalue weighted by molar-refractivity contribution is 0.286. The molecule has 0 saturated carbocycles. The molecule has 0 spiro atoms. The lowest BCUT2D eigenvalue weighted by Gasteiger charge is -2.00. The molecule has 4 N–H and O–H groups in total. The molecule has 0 heterocycles. The summed E-state index contributed by atoms with van der Waals surface area (Å²) >= 11 is 0. The van der Waals surface area contributed by atoms with E-state index in [0.717, 1.165) is 0 Å². The van der Waals surface area contributed by atoms with Crippen molar-refractivity contribution in [3.8, 4) is 0 Å². The van der Waals surface area contributed by atoms with Crippen molar-refractivity contribution >= 4 is 0 Å². The Hall–Kier alpha value is -0.160. The number of rotatable bonds is 6. The maximum atomic E-state index is 8.26. The Labute approximate surface area is 54.9 Å². The van der Waals surface area contributed by atoms with E-state index in [4.69, 9.17) is 10.2 Å². The summed E-state index contributed by atoms with van der Waals surface area (Å²) < 4.78 is 0. The maximum Gasteiger partial charge on any atom is 0.0868 e. The van der Waals surface area contributed by atoms with Crippen molar-refractivity contribution in [1.29, 1.82) is 0 Å². The molecule has 0 bridgehead atoms. The molecule has 0 rings (SSSR count). The van der Waals surface area contributed by atoms with E-state index in [1.807, 2.05) is 0 Å². The number of aliphatic hydroxyl groups is 2. The Morgan fingerprint density at radius 3 is 1.78 bits per heavy atom. The first-order valence-electron chi connectivity index (χ1n) is 2.92. The normalized spacial score (nSPS) is 10.0. The average Bonchev–Trinajstić information content (AvgIpc) is 1.89. The van der Waals surface area contributed by atoms with Gasteiger partial charge in [-0.05, 0) is 0 Å². The molecule has 0 amide bonds. The zero-order valence-corrected chi connectivity index (χ0v) is 5.30. The number of aliphatic hydroxyl groups excluding tert-OH is 2. The third-order valence-corrected chi connectivity index (χ3v) is 0.716. The first kappa shape index (κ1) is 8.84. The molecule has 0 fully saturated rings. The molecule has 0 aromatic heterocycles. The molecule has 0 aromatic rings. The predicted octanol–water partition coefficient (Wildman–Crippen LogP) is -1.73. The zero-order valence-electron chi connectivity index (χ0n) is 5.30. The van der Waals surface area contributed by atoms with E-state index < -0.39 is 0 Å². The largest absolute Gasteiger partial charge is 0.395 e. The Bertz CT molecular complexity index is 46.2. The Morgan fingerprint density at radius 2 is 1.44 bits per heavy atom. The maximum absolute atomic E-state index is 8.26. The monoisotopic (exact) mass is 133 g/mol. The standard InChI is InChI=1S/C5H13N2O2/c8-3-1-6-5-7-2-4-9/h5-9H,1-4H2. The second kappa shape index (κ2) is 7.84. The highest BCUT2D eigenvalue weighted by Crippen LogP contribution is 1.60. The van der Waals surface area contributed by atoms with Gasteiger partial charge in [0, 0.05) is 13.1 Å². The van der Waals surface area contributed by atoms with Crippen molar-refractivity contribution in [3.05, 3.63) is 6.67 Å². The summed E-state index contributed by atoms with van der Waals surface area (Å²) in [5.74, 6) is 0. The van der Waals surface area contributed by atoms with Crippen LogP contribution in [0.4, 0.5) is 0 Å². The second-order valence-electron chi connectivity index (χ2n) is 1.50. The molecule has 0 saturated heterocycles. The second-order valence-corrected chi connectivity index (χ2v) is 1.50. The van der Waals surface area contributed by atoms with Crippen molar-refractivity contribution in [2.45, 2.75) is 0 Å². The summed E-state index contributed by atoms with van der Waals surface area (Å²) in [6.45, 7) is 2.93. The molecule has 55 valence electrons. The van der Waals surface area contributed by atoms with Gasteiger partial charge in [0.15, 0.2) is 0 Å². The molecule has 4 heteroatoms. The van der Waals surface area contributed by atoms with Crippen molar-refractivity contribution in [3.63, 3.8) is 0 Å². The minimum absolute atomic E-state index is 0.122. The minimum atomic E-state index is 0.122. The van der Waals surface area contributed by atoms with Gasteiger partial charge in [-0.2, -0.15) is 0 Å². The van der Waals surface area contributed by atoms with Gasteiger partial charge in [-0.15, -0.1) is 0 Å². The van der Waals surface area contributed by atoms with Gasteiger partial charge in [-0.1, -0.05) is 0 Å². The molecule has 0 aliphatic heterocycles. The van der Waals surface area contributed by atoms with Crippen LogP contribution in [-0.4, -0.2) is 36.5 Å². The molecule has 9 heavy (non-hydrogen) atoms. The highest BCUT2D eigenvalue weighted by molar-refractivity contribution is 4.56. The van der Waals surface area contributed by atoms with Crippen LogP contribution in [0.3, 0.4) is 0 Å². The van der Waals surface area contributed by atoms with Crippen LogP contribution in [-0.2, 0) is 0 Å². The molecule has 0 unspecified atom stereocenters. The molecule has 4 nitrogen and oxygen atoms in total. The molecule has 0 aliphatic carbocycles. The number of hydrogen-bond donors (Lipinski definition) is 4. The van der Waals surface area contributed by atoms with E-state index in [-0.39, 0.29) is 13.2 Å². The zero-order chi connectivity index (χ0) is 6.95. The van der Waals surface area contributed by atoms with Crippen molar-refractivity contribution < 1.29 is 10.2 Å². The van der Waals surface area contributed by atoms with Crippen LogP contribution in [0, 0.1) is 6.67 Å². The van der Waals surface area contributed by atoms with Gasteiger partial charge >= 0.3 is 0 Å². The number of nitrogens with one attached hydrogen (secondary N) is 2.